The molecule has 1 aliphatic carbocycles. The van der Waals surface area contributed by atoms with Gasteiger partial charge in [0.2, 0.25) is 10.0 Å². The normalized spacial score (nSPS) is 21.6. The second-order valence-corrected chi connectivity index (χ2v) is 8.10. The SMILES string of the molecule is Cc1c(S(N)(=O)=O)ccc(-c2ccccc2)c1C1CCC(O)CC1. The molecule has 0 heterocycles. The molecule has 1 saturated carbocycles. The van der Waals surface area contributed by atoms with Gasteiger partial charge in [-0.1, -0.05) is 36.4 Å². The Hall–Kier alpha value is -1.69. The summed E-state index contributed by atoms with van der Waals surface area (Å²) in [6.45, 7) is 1.84. The summed E-state index contributed by atoms with van der Waals surface area (Å²) in [5.41, 5.74) is 3.92. The Morgan fingerprint density at radius 1 is 1.00 bits per heavy atom. The highest BCUT2D eigenvalue weighted by Gasteiger charge is 2.27. The predicted molar refractivity (Wildman–Crippen MR) is 95.2 cm³/mol. The first kappa shape index (κ1) is 17.1. The van der Waals surface area contributed by atoms with E-state index >= 15 is 0 Å². The minimum atomic E-state index is -3.75. The van der Waals surface area contributed by atoms with Crippen molar-refractivity contribution in [3.8, 4) is 11.1 Å². The summed E-state index contributed by atoms with van der Waals surface area (Å²) >= 11 is 0. The molecule has 0 saturated heterocycles. The van der Waals surface area contributed by atoms with Crippen LogP contribution < -0.4 is 5.14 Å². The van der Waals surface area contributed by atoms with Crippen molar-refractivity contribution in [1.82, 2.24) is 0 Å². The third-order valence-corrected chi connectivity index (χ3v) is 6.02. The van der Waals surface area contributed by atoms with Gasteiger partial charge in [-0.25, -0.2) is 13.6 Å². The van der Waals surface area contributed by atoms with Gasteiger partial charge in [-0.3, -0.25) is 0 Å². The molecule has 0 amide bonds. The molecule has 0 aromatic heterocycles. The summed E-state index contributed by atoms with van der Waals surface area (Å²) in [7, 11) is -3.75. The number of hydrogen-bond acceptors (Lipinski definition) is 3. The van der Waals surface area contributed by atoms with Crippen LogP contribution in [0, 0.1) is 6.92 Å². The predicted octanol–water partition coefficient (Wildman–Crippen LogP) is 3.33. The van der Waals surface area contributed by atoms with Gasteiger partial charge >= 0.3 is 0 Å². The number of primary sulfonamides is 1. The van der Waals surface area contributed by atoms with Crippen molar-refractivity contribution in [2.75, 3.05) is 0 Å². The maximum absolute atomic E-state index is 11.9. The second-order valence-electron chi connectivity index (χ2n) is 6.57. The average molecular weight is 345 g/mol. The highest BCUT2D eigenvalue weighted by molar-refractivity contribution is 7.89. The van der Waals surface area contributed by atoms with Crippen LogP contribution in [0.4, 0.5) is 0 Å². The van der Waals surface area contributed by atoms with E-state index in [9.17, 15) is 13.5 Å². The zero-order valence-corrected chi connectivity index (χ0v) is 14.6. The zero-order valence-electron chi connectivity index (χ0n) is 13.8. The maximum atomic E-state index is 11.9. The monoisotopic (exact) mass is 345 g/mol. The van der Waals surface area contributed by atoms with Crippen molar-refractivity contribution in [3.05, 3.63) is 53.6 Å². The van der Waals surface area contributed by atoms with Gasteiger partial charge in [0.15, 0.2) is 0 Å². The van der Waals surface area contributed by atoms with Gasteiger partial charge in [-0.05, 0) is 66.8 Å². The molecule has 0 aliphatic heterocycles. The zero-order chi connectivity index (χ0) is 17.3. The first-order valence-electron chi connectivity index (χ1n) is 8.27. The van der Waals surface area contributed by atoms with Gasteiger partial charge < -0.3 is 5.11 Å². The topological polar surface area (TPSA) is 80.4 Å². The van der Waals surface area contributed by atoms with Crippen LogP contribution in [0.2, 0.25) is 0 Å². The molecular formula is C19H23NO3S. The fraction of sp³-hybridized carbons (Fsp3) is 0.368. The van der Waals surface area contributed by atoms with Crippen molar-refractivity contribution in [2.45, 2.75) is 49.5 Å². The number of rotatable bonds is 3. The van der Waals surface area contributed by atoms with Gasteiger partial charge in [0.25, 0.3) is 0 Å². The molecule has 128 valence electrons. The minimum absolute atomic E-state index is 0.198. The Balaban J connectivity index is 2.18. The molecule has 0 radical (unpaired) electrons. The fourth-order valence-electron chi connectivity index (χ4n) is 3.78. The maximum Gasteiger partial charge on any atom is 0.238 e. The van der Waals surface area contributed by atoms with Gasteiger partial charge in [-0.15, -0.1) is 0 Å². The van der Waals surface area contributed by atoms with E-state index < -0.39 is 10.0 Å². The van der Waals surface area contributed by atoms with Crippen molar-refractivity contribution in [2.24, 2.45) is 5.14 Å². The van der Waals surface area contributed by atoms with Crippen molar-refractivity contribution in [1.29, 1.82) is 0 Å². The molecule has 3 rings (SSSR count). The Morgan fingerprint density at radius 3 is 2.21 bits per heavy atom. The summed E-state index contributed by atoms with van der Waals surface area (Å²) in [6, 6.07) is 13.5. The average Bonchev–Trinajstić information content (AvgIpc) is 2.55. The van der Waals surface area contributed by atoms with Crippen LogP contribution >= 0.6 is 0 Å². The minimum Gasteiger partial charge on any atom is -0.393 e. The first-order valence-corrected chi connectivity index (χ1v) is 9.82. The van der Waals surface area contributed by atoms with E-state index in [1.807, 2.05) is 43.3 Å². The van der Waals surface area contributed by atoms with Gasteiger partial charge in [-0.2, -0.15) is 0 Å². The fourth-order valence-corrected chi connectivity index (χ4v) is 4.57. The Kier molecular flexibility index (Phi) is 4.76. The largest absolute Gasteiger partial charge is 0.393 e. The molecule has 2 aromatic rings. The Bertz CT molecular complexity index is 823. The number of benzene rings is 2. The molecule has 0 bridgehead atoms. The van der Waals surface area contributed by atoms with Crippen LogP contribution in [-0.2, 0) is 10.0 Å². The molecular weight excluding hydrogens is 322 g/mol. The van der Waals surface area contributed by atoms with E-state index in [1.165, 1.54) is 0 Å². The van der Waals surface area contributed by atoms with Gasteiger partial charge in [0.05, 0.1) is 11.0 Å². The van der Waals surface area contributed by atoms with Crippen LogP contribution in [-0.4, -0.2) is 19.6 Å². The van der Waals surface area contributed by atoms with Crippen molar-refractivity contribution in [3.63, 3.8) is 0 Å². The Morgan fingerprint density at radius 2 is 1.62 bits per heavy atom. The summed E-state index contributed by atoms with van der Waals surface area (Å²) in [5.74, 6) is 0.241. The first-order chi connectivity index (χ1) is 11.4. The second kappa shape index (κ2) is 6.67. The van der Waals surface area contributed by atoms with E-state index in [-0.39, 0.29) is 16.9 Å². The van der Waals surface area contributed by atoms with Crippen LogP contribution in [0.3, 0.4) is 0 Å². The van der Waals surface area contributed by atoms with E-state index in [2.05, 4.69) is 0 Å². The van der Waals surface area contributed by atoms with Gasteiger partial charge in [0, 0.05) is 0 Å². The lowest BCUT2D eigenvalue weighted by Crippen LogP contribution is -2.20. The van der Waals surface area contributed by atoms with E-state index in [1.54, 1.807) is 6.07 Å². The quantitative estimate of drug-likeness (QED) is 0.895. The number of sulfonamides is 1. The molecule has 1 aliphatic rings. The molecule has 5 heteroatoms. The molecule has 2 aromatic carbocycles. The summed E-state index contributed by atoms with van der Waals surface area (Å²) in [6.07, 6.45) is 2.96. The number of nitrogens with two attached hydrogens (primary N) is 1. The van der Waals surface area contributed by atoms with Crippen LogP contribution in [0.25, 0.3) is 11.1 Å². The van der Waals surface area contributed by atoms with Crippen LogP contribution in [0.15, 0.2) is 47.4 Å². The lowest BCUT2D eigenvalue weighted by Gasteiger charge is -2.29. The third-order valence-electron chi connectivity index (χ3n) is 4.96. The van der Waals surface area contributed by atoms with E-state index in [0.717, 1.165) is 47.9 Å². The van der Waals surface area contributed by atoms with Crippen molar-refractivity contribution >= 4 is 10.0 Å². The molecule has 0 unspecified atom stereocenters. The van der Waals surface area contributed by atoms with Crippen molar-refractivity contribution < 1.29 is 13.5 Å². The van der Waals surface area contributed by atoms with Gasteiger partial charge in [0.1, 0.15) is 0 Å². The molecule has 3 N–H and O–H groups in total. The third kappa shape index (κ3) is 3.38. The molecule has 0 spiro atoms. The standard InChI is InChI=1S/C19H23NO3S/c1-13-18(24(20,22)23)12-11-17(14-5-3-2-4-6-14)19(13)15-7-9-16(21)10-8-15/h2-6,11-12,15-16,21H,7-10H2,1H3,(H2,20,22,23). The summed E-state index contributed by atoms with van der Waals surface area (Å²) in [5, 5.41) is 15.2. The summed E-state index contributed by atoms with van der Waals surface area (Å²) < 4.78 is 23.9. The lowest BCUT2D eigenvalue weighted by molar-refractivity contribution is 0.122. The van der Waals surface area contributed by atoms with E-state index in [4.69, 9.17) is 5.14 Å². The van der Waals surface area contributed by atoms with Crippen LogP contribution in [0.5, 0.6) is 0 Å². The highest BCUT2D eigenvalue weighted by Crippen LogP contribution is 2.41. The smallest absolute Gasteiger partial charge is 0.238 e. The molecule has 1 fully saturated rings. The number of aliphatic hydroxyl groups is 1. The number of aliphatic hydroxyl groups excluding tert-OH is 1. The molecule has 0 atom stereocenters. The number of hydrogen-bond donors (Lipinski definition) is 2. The summed E-state index contributed by atoms with van der Waals surface area (Å²) in [4.78, 5) is 0.198. The molecule has 4 nitrogen and oxygen atoms in total. The van der Waals surface area contributed by atoms with E-state index in [0.29, 0.717) is 0 Å². The van der Waals surface area contributed by atoms with Crippen LogP contribution in [0.1, 0.15) is 42.7 Å². The highest BCUT2D eigenvalue weighted by atomic mass is 32.2. The molecule has 24 heavy (non-hydrogen) atoms. The lowest BCUT2D eigenvalue weighted by atomic mass is 9.78. The Labute approximate surface area is 143 Å².